The molecular weight excluding hydrogens is 262 g/mol. The summed E-state index contributed by atoms with van der Waals surface area (Å²) < 4.78 is 0. The van der Waals surface area contributed by atoms with Gasteiger partial charge in [0.25, 0.3) is 0 Å². The summed E-state index contributed by atoms with van der Waals surface area (Å²) in [5, 5.41) is 11.7. The van der Waals surface area contributed by atoms with E-state index in [1.807, 2.05) is 6.07 Å². The number of hydrogen-bond donors (Lipinski definition) is 1. The van der Waals surface area contributed by atoms with Crippen LogP contribution in [0, 0.1) is 17.2 Å². The van der Waals surface area contributed by atoms with Gasteiger partial charge in [0.1, 0.15) is 0 Å². The molecule has 1 aliphatic heterocycles. The number of amides is 1. The Balaban J connectivity index is 1.78. The third kappa shape index (κ3) is 4.87. The first-order chi connectivity index (χ1) is 10.2. The molecule has 1 aliphatic rings. The van der Waals surface area contributed by atoms with Crippen molar-refractivity contribution in [3.63, 3.8) is 0 Å². The molecule has 112 valence electrons. The van der Waals surface area contributed by atoms with Crippen LogP contribution in [0.1, 0.15) is 38.2 Å². The molecule has 0 bridgehead atoms. The van der Waals surface area contributed by atoms with Crippen molar-refractivity contribution >= 4 is 11.6 Å². The van der Waals surface area contributed by atoms with Gasteiger partial charge in [-0.1, -0.05) is 19.4 Å². The zero-order valence-electron chi connectivity index (χ0n) is 12.6. The van der Waals surface area contributed by atoms with Crippen LogP contribution in [-0.4, -0.2) is 30.4 Å². The maximum absolute atomic E-state index is 12.0. The van der Waals surface area contributed by atoms with Crippen LogP contribution in [0.2, 0.25) is 0 Å². The first kappa shape index (κ1) is 15.5. The SMILES string of the molecule is CCC1CCCN(CCC(=O)Nc2cccc(C#N)c2)C1. The van der Waals surface area contributed by atoms with Crippen molar-refractivity contribution in [1.82, 2.24) is 4.90 Å². The lowest BCUT2D eigenvalue weighted by Gasteiger charge is -2.31. The number of rotatable bonds is 5. The number of carbonyl (C=O) groups excluding carboxylic acids is 1. The van der Waals surface area contributed by atoms with Crippen LogP contribution in [0.25, 0.3) is 0 Å². The number of nitrogens with one attached hydrogen (secondary N) is 1. The van der Waals surface area contributed by atoms with Crippen LogP contribution in [0.4, 0.5) is 5.69 Å². The van der Waals surface area contributed by atoms with Gasteiger partial charge in [-0.25, -0.2) is 0 Å². The summed E-state index contributed by atoms with van der Waals surface area (Å²) in [7, 11) is 0. The van der Waals surface area contributed by atoms with Crippen molar-refractivity contribution in [2.45, 2.75) is 32.6 Å². The van der Waals surface area contributed by atoms with Crippen LogP contribution in [0.5, 0.6) is 0 Å². The predicted octanol–water partition coefficient (Wildman–Crippen LogP) is 3.01. The van der Waals surface area contributed by atoms with Crippen molar-refractivity contribution in [2.75, 3.05) is 25.0 Å². The molecule has 0 aliphatic carbocycles. The summed E-state index contributed by atoms with van der Waals surface area (Å²) in [4.78, 5) is 14.4. The second-order valence-corrected chi connectivity index (χ2v) is 5.71. The van der Waals surface area contributed by atoms with Crippen LogP contribution in [0.15, 0.2) is 24.3 Å². The van der Waals surface area contributed by atoms with E-state index in [0.717, 1.165) is 25.6 Å². The zero-order valence-corrected chi connectivity index (χ0v) is 12.6. The Kier molecular flexibility index (Phi) is 5.77. The summed E-state index contributed by atoms with van der Waals surface area (Å²) in [6.45, 7) is 5.28. The Hall–Kier alpha value is -1.86. The molecule has 4 nitrogen and oxygen atoms in total. The van der Waals surface area contributed by atoms with Gasteiger partial charge in [-0.05, 0) is 43.5 Å². The topological polar surface area (TPSA) is 56.1 Å². The van der Waals surface area contributed by atoms with Gasteiger partial charge in [0, 0.05) is 25.2 Å². The number of hydrogen-bond acceptors (Lipinski definition) is 3. The second-order valence-electron chi connectivity index (χ2n) is 5.71. The standard InChI is InChI=1S/C17H23N3O/c1-2-14-6-4-9-20(13-14)10-8-17(21)19-16-7-3-5-15(11-16)12-18/h3,5,7,11,14H,2,4,6,8-10,13H2,1H3,(H,19,21). The van der Waals surface area contributed by atoms with E-state index >= 15 is 0 Å². The molecule has 1 atom stereocenters. The Labute approximate surface area is 126 Å². The highest BCUT2D eigenvalue weighted by Gasteiger charge is 2.18. The van der Waals surface area contributed by atoms with E-state index < -0.39 is 0 Å². The molecule has 1 fully saturated rings. The minimum absolute atomic E-state index is 0.0173. The van der Waals surface area contributed by atoms with E-state index in [1.165, 1.54) is 19.3 Å². The third-order valence-corrected chi connectivity index (χ3v) is 4.11. The molecule has 1 aromatic carbocycles. The maximum atomic E-state index is 12.0. The van der Waals surface area contributed by atoms with Gasteiger partial charge < -0.3 is 10.2 Å². The average molecular weight is 285 g/mol. The van der Waals surface area contributed by atoms with Crippen LogP contribution < -0.4 is 5.32 Å². The Morgan fingerprint density at radius 2 is 2.38 bits per heavy atom. The van der Waals surface area contributed by atoms with E-state index in [4.69, 9.17) is 5.26 Å². The first-order valence-corrected chi connectivity index (χ1v) is 7.73. The van der Waals surface area contributed by atoms with Gasteiger partial charge >= 0.3 is 0 Å². The fraction of sp³-hybridized carbons (Fsp3) is 0.529. The van der Waals surface area contributed by atoms with Gasteiger partial charge in [-0.3, -0.25) is 4.79 Å². The summed E-state index contributed by atoms with van der Waals surface area (Å²) in [5.74, 6) is 0.804. The maximum Gasteiger partial charge on any atom is 0.225 e. The molecule has 1 aromatic rings. The van der Waals surface area contributed by atoms with Gasteiger partial charge in [0.15, 0.2) is 0 Å². The van der Waals surface area contributed by atoms with Crippen LogP contribution >= 0.6 is 0 Å². The van der Waals surface area contributed by atoms with Crippen molar-refractivity contribution in [2.24, 2.45) is 5.92 Å². The van der Waals surface area contributed by atoms with Gasteiger partial charge in [-0.15, -0.1) is 0 Å². The number of piperidine rings is 1. The molecule has 4 heteroatoms. The molecule has 1 saturated heterocycles. The molecule has 1 N–H and O–H groups in total. The summed E-state index contributed by atoms with van der Waals surface area (Å²) in [5.41, 5.74) is 1.26. The monoisotopic (exact) mass is 285 g/mol. The molecule has 0 spiro atoms. The van der Waals surface area contributed by atoms with E-state index in [9.17, 15) is 4.79 Å². The van der Waals surface area contributed by atoms with E-state index in [2.05, 4.69) is 23.2 Å². The fourth-order valence-electron chi connectivity index (χ4n) is 2.84. The number of likely N-dealkylation sites (tertiary alicyclic amines) is 1. The Morgan fingerprint density at radius 3 is 3.14 bits per heavy atom. The van der Waals surface area contributed by atoms with E-state index in [0.29, 0.717) is 17.7 Å². The molecule has 2 rings (SSSR count). The Morgan fingerprint density at radius 1 is 1.52 bits per heavy atom. The largest absolute Gasteiger partial charge is 0.326 e. The Bertz CT molecular complexity index is 521. The van der Waals surface area contributed by atoms with Crippen molar-refractivity contribution < 1.29 is 4.79 Å². The quantitative estimate of drug-likeness (QED) is 0.904. The molecule has 1 amide bonds. The smallest absolute Gasteiger partial charge is 0.225 e. The lowest BCUT2D eigenvalue weighted by Crippen LogP contribution is -2.37. The summed E-state index contributed by atoms with van der Waals surface area (Å²) >= 11 is 0. The van der Waals surface area contributed by atoms with E-state index in [1.54, 1.807) is 18.2 Å². The molecule has 0 radical (unpaired) electrons. The summed E-state index contributed by atoms with van der Waals surface area (Å²) in [6, 6.07) is 9.10. The number of benzene rings is 1. The number of nitrogens with zero attached hydrogens (tertiary/aromatic N) is 2. The fourth-order valence-corrected chi connectivity index (χ4v) is 2.84. The molecule has 1 unspecified atom stereocenters. The first-order valence-electron chi connectivity index (χ1n) is 7.73. The number of carbonyl (C=O) groups is 1. The van der Waals surface area contributed by atoms with Gasteiger partial charge in [0.2, 0.25) is 5.91 Å². The summed E-state index contributed by atoms with van der Waals surface area (Å²) in [6.07, 6.45) is 4.29. The zero-order chi connectivity index (χ0) is 15.1. The van der Waals surface area contributed by atoms with Crippen LogP contribution in [-0.2, 0) is 4.79 Å². The second kappa shape index (κ2) is 7.80. The van der Waals surface area contributed by atoms with Crippen molar-refractivity contribution in [3.05, 3.63) is 29.8 Å². The average Bonchev–Trinajstić information content (AvgIpc) is 2.53. The van der Waals surface area contributed by atoms with Gasteiger partial charge in [0.05, 0.1) is 11.6 Å². The minimum atomic E-state index is 0.0173. The molecular formula is C17H23N3O. The highest BCUT2D eigenvalue weighted by molar-refractivity contribution is 5.90. The van der Waals surface area contributed by atoms with Gasteiger partial charge in [-0.2, -0.15) is 5.26 Å². The predicted molar refractivity (Wildman–Crippen MR) is 83.9 cm³/mol. The highest BCUT2D eigenvalue weighted by Crippen LogP contribution is 2.19. The highest BCUT2D eigenvalue weighted by atomic mass is 16.1. The molecule has 1 heterocycles. The third-order valence-electron chi connectivity index (χ3n) is 4.11. The lowest BCUT2D eigenvalue weighted by atomic mass is 9.95. The van der Waals surface area contributed by atoms with Crippen molar-refractivity contribution in [3.8, 4) is 6.07 Å². The number of nitriles is 1. The molecule has 21 heavy (non-hydrogen) atoms. The van der Waals surface area contributed by atoms with Crippen LogP contribution in [0.3, 0.4) is 0 Å². The number of anilines is 1. The molecule has 0 aromatic heterocycles. The van der Waals surface area contributed by atoms with Crippen molar-refractivity contribution in [1.29, 1.82) is 5.26 Å². The normalized spacial score (nSPS) is 19.0. The lowest BCUT2D eigenvalue weighted by molar-refractivity contribution is -0.116. The minimum Gasteiger partial charge on any atom is -0.326 e. The van der Waals surface area contributed by atoms with E-state index in [-0.39, 0.29) is 5.91 Å². The molecule has 0 saturated carbocycles.